The number of fused-ring (bicyclic) bond motifs is 1. The molecule has 0 spiro atoms. The van der Waals surface area contributed by atoms with Gasteiger partial charge in [0.15, 0.2) is 0 Å². The van der Waals surface area contributed by atoms with Gasteiger partial charge in [0.05, 0.1) is 0 Å². The van der Waals surface area contributed by atoms with Gasteiger partial charge >= 0.3 is 0 Å². The highest BCUT2D eigenvalue weighted by Crippen LogP contribution is 2.30. The zero-order chi connectivity index (χ0) is 6.97. The van der Waals surface area contributed by atoms with Crippen molar-refractivity contribution >= 4 is 0 Å². The lowest BCUT2D eigenvalue weighted by Crippen LogP contribution is -2.39. The van der Waals surface area contributed by atoms with Gasteiger partial charge in [-0.2, -0.15) is 0 Å². The Labute approximate surface area is 63.4 Å². The van der Waals surface area contributed by atoms with Crippen LogP contribution in [-0.2, 0) is 0 Å². The summed E-state index contributed by atoms with van der Waals surface area (Å²) in [5.74, 6) is 0.983. The van der Waals surface area contributed by atoms with Crippen LogP contribution in [0.5, 0.6) is 0 Å². The first kappa shape index (κ1) is 6.66. The largest absolute Gasteiger partial charge is 0.300 e. The molecular formula is C9H17N. The van der Waals surface area contributed by atoms with E-state index in [1.165, 1.54) is 38.8 Å². The molecule has 0 saturated carbocycles. The summed E-state index contributed by atoms with van der Waals surface area (Å²) >= 11 is 0. The number of rotatable bonds is 0. The van der Waals surface area contributed by atoms with Gasteiger partial charge < -0.3 is 4.90 Å². The van der Waals surface area contributed by atoms with E-state index in [4.69, 9.17) is 0 Å². The number of hydrogen-bond acceptors (Lipinski definition) is 1. The zero-order valence-corrected chi connectivity index (χ0v) is 6.84. The second-order valence-electron chi connectivity index (χ2n) is 3.87. The van der Waals surface area contributed by atoms with E-state index in [2.05, 4.69) is 11.8 Å². The molecule has 0 radical (unpaired) electrons. The molecule has 2 fully saturated rings. The maximum atomic E-state index is 2.69. The highest BCUT2D eigenvalue weighted by molar-refractivity contribution is 4.86. The molecule has 1 unspecified atom stereocenters. The van der Waals surface area contributed by atoms with E-state index in [1.54, 1.807) is 0 Å². The van der Waals surface area contributed by atoms with E-state index in [1.807, 2.05) is 0 Å². The molecule has 1 nitrogen and oxygen atoms in total. The van der Waals surface area contributed by atoms with Gasteiger partial charge in [-0.05, 0) is 44.7 Å². The SMILES string of the molecule is C[C@@H]1CCCN2CCCC12. The molecule has 0 amide bonds. The fourth-order valence-corrected chi connectivity index (χ4v) is 2.58. The molecule has 2 aliphatic rings. The van der Waals surface area contributed by atoms with Gasteiger partial charge in [0.25, 0.3) is 0 Å². The van der Waals surface area contributed by atoms with Gasteiger partial charge in [0.2, 0.25) is 0 Å². The van der Waals surface area contributed by atoms with Crippen molar-refractivity contribution in [1.29, 1.82) is 0 Å². The van der Waals surface area contributed by atoms with Crippen LogP contribution in [0.4, 0.5) is 0 Å². The van der Waals surface area contributed by atoms with Crippen LogP contribution in [0.15, 0.2) is 0 Å². The maximum absolute atomic E-state index is 2.69. The van der Waals surface area contributed by atoms with Crippen molar-refractivity contribution in [3.8, 4) is 0 Å². The van der Waals surface area contributed by atoms with Gasteiger partial charge in [0, 0.05) is 6.04 Å². The lowest BCUT2D eigenvalue weighted by Gasteiger charge is -2.34. The minimum absolute atomic E-state index is 0.966. The predicted octanol–water partition coefficient (Wildman–Crippen LogP) is 1.88. The summed E-state index contributed by atoms with van der Waals surface area (Å²) in [6.45, 7) is 5.19. The average Bonchev–Trinajstić information content (AvgIpc) is 2.36. The summed E-state index contributed by atoms with van der Waals surface area (Å²) in [6.07, 6.45) is 5.84. The highest BCUT2D eigenvalue weighted by Gasteiger charge is 2.31. The van der Waals surface area contributed by atoms with E-state index in [0.29, 0.717) is 0 Å². The third kappa shape index (κ3) is 0.968. The van der Waals surface area contributed by atoms with Crippen molar-refractivity contribution in [2.24, 2.45) is 5.92 Å². The smallest absolute Gasteiger partial charge is 0.0121 e. The summed E-state index contributed by atoms with van der Waals surface area (Å²) < 4.78 is 0. The van der Waals surface area contributed by atoms with Crippen LogP contribution < -0.4 is 0 Å². The Kier molecular flexibility index (Phi) is 1.69. The Morgan fingerprint density at radius 2 is 1.80 bits per heavy atom. The van der Waals surface area contributed by atoms with Crippen molar-refractivity contribution in [2.45, 2.75) is 38.6 Å². The van der Waals surface area contributed by atoms with Crippen LogP contribution in [0.3, 0.4) is 0 Å². The van der Waals surface area contributed by atoms with E-state index in [-0.39, 0.29) is 0 Å². The molecule has 1 heteroatoms. The molecule has 10 heavy (non-hydrogen) atoms. The van der Waals surface area contributed by atoms with Gasteiger partial charge in [-0.1, -0.05) is 6.92 Å². The average molecular weight is 139 g/mol. The Bertz CT molecular complexity index is 122. The van der Waals surface area contributed by atoms with Crippen molar-refractivity contribution < 1.29 is 0 Å². The maximum Gasteiger partial charge on any atom is 0.0121 e. The van der Waals surface area contributed by atoms with Gasteiger partial charge in [-0.25, -0.2) is 0 Å². The Hall–Kier alpha value is -0.0400. The first-order valence-electron chi connectivity index (χ1n) is 4.62. The first-order valence-corrected chi connectivity index (χ1v) is 4.62. The molecule has 0 N–H and O–H groups in total. The second-order valence-corrected chi connectivity index (χ2v) is 3.87. The molecule has 2 aliphatic heterocycles. The summed E-state index contributed by atoms with van der Waals surface area (Å²) in [6, 6.07) is 0.966. The van der Waals surface area contributed by atoms with E-state index in [0.717, 1.165) is 12.0 Å². The Balaban J connectivity index is 2.03. The monoisotopic (exact) mass is 139 g/mol. The Morgan fingerprint density at radius 1 is 1.10 bits per heavy atom. The van der Waals surface area contributed by atoms with Crippen LogP contribution in [-0.4, -0.2) is 24.0 Å². The summed E-state index contributed by atoms with van der Waals surface area (Å²) in [5, 5.41) is 0. The van der Waals surface area contributed by atoms with Crippen LogP contribution in [0, 0.1) is 5.92 Å². The molecule has 2 rings (SSSR count). The summed E-state index contributed by atoms with van der Waals surface area (Å²) in [7, 11) is 0. The molecule has 2 saturated heterocycles. The topological polar surface area (TPSA) is 3.24 Å². The predicted molar refractivity (Wildman–Crippen MR) is 43.0 cm³/mol. The lowest BCUT2D eigenvalue weighted by molar-refractivity contribution is 0.144. The van der Waals surface area contributed by atoms with Crippen LogP contribution >= 0.6 is 0 Å². The molecule has 0 aliphatic carbocycles. The van der Waals surface area contributed by atoms with Crippen molar-refractivity contribution in [1.82, 2.24) is 4.90 Å². The molecular weight excluding hydrogens is 122 g/mol. The van der Waals surface area contributed by atoms with E-state index in [9.17, 15) is 0 Å². The highest BCUT2D eigenvalue weighted by atomic mass is 15.2. The van der Waals surface area contributed by atoms with Crippen LogP contribution in [0.25, 0.3) is 0 Å². The van der Waals surface area contributed by atoms with Crippen LogP contribution in [0.1, 0.15) is 32.6 Å². The van der Waals surface area contributed by atoms with E-state index < -0.39 is 0 Å². The lowest BCUT2D eigenvalue weighted by atomic mass is 9.91. The van der Waals surface area contributed by atoms with Crippen molar-refractivity contribution in [2.75, 3.05) is 13.1 Å². The van der Waals surface area contributed by atoms with Crippen molar-refractivity contribution in [3.63, 3.8) is 0 Å². The van der Waals surface area contributed by atoms with Gasteiger partial charge in [0.1, 0.15) is 0 Å². The second kappa shape index (κ2) is 2.54. The normalized spacial score (nSPS) is 41.7. The fraction of sp³-hybridized carbons (Fsp3) is 1.00. The molecule has 2 heterocycles. The standard InChI is InChI=1S/C9H17N/c1-8-4-2-6-10-7-3-5-9(8)10/h8-9H,2-7H2,1H3/t8-,9?/m1/s1. The molecule has 0 aromatic rings. The molecule has 0 aromatic heterocycles. The molecule has 0 bridgehead atoms. The molecule has 2 atom stereocenters. The third-order valence-electron chi connectivity index (χ3n) is 3.18. The number of hydrogen-bond donors (Lipinski definition) is 0. The summed E-state index contributed by atoms with van der Waals surface area (Å²) in [4.78, 5) is 2.69. The van der Waals surface area contributed by atoms with Gasteiger partial charge in [-0.15, -0.1) is 0 Å². The Morgan fingerprint density at radius 3 is 2.50 bits per heavy atom. The minimum Gasteiger partial charge on any atom is -0.300 e. The minimum atomic E-state index is 0.966. The third-order valence-corrected chi connectivity index (χ3v) is 3.18. The van der Waals surface area contributed by atoms with E-state index >= 15 is 0 Å². The number of piperidine rings is 1. The summed E-state index contributed by atoms with van der Waals surface area (Å²) in [5.41, 5.74) is 0. The quantitative estimate of drug-likeness (QED) is 0.495. The van der Waals surface area contributed by atoms with Crippen molar-refractivity contribution in [3.05, 3.63) is 0 Å². The zero-order valence-electron chi connectivity index (χ0n) is 6.84. The number of nitrogens with zero attached hydrogens (tertiary/aromatic N) is 1. The fourth-order valence-electron chi connectivity index (χ4n) is 2.58. The molecule has 0 aromatic carbocycles. The van der Waals surface area contributed by atoms with Crippen LogP contribution in [0.2, 0.25) is 0 Å². The van der Waals surface area contributed by atoms with Gasteiger partial charge in [-0.3, -0.25) is 0 Å². The first-order chi connectivity index (χ1) is 4.88. The molecule has 58 valence electrons.